The Morgan fingerprint density at radius 1 is 0.720 bits per heavy atom. The second-order valence-electron chi connectivity index (χ2n) is 10.8. The van der Waals surface area contributed by atoms with Crippen molar-refractivity contribution in [3.63, 3.8) is 0 Å². The molecule has 142 valence electrons. The molecule has 0 amide bonds. The number of benzene rings is 1. The quantitative estimate of drug-likeness (QED) is 0.488. The van der Waals surface area contributed by atoms with Gasteiger partial charge in [0.1, 0.15) is 0 Å². The van der Waals surface area contributed by atoms with E-state index in [0.717, 1.165) is 0 Å². The van der Waals surface area contributed by atoms with E-state index in [9.17, 15) is 0 Å². The number of hydrogen-bond donors (Lipinski definition) is 0. The van der Waals surface area contributed by atoms with Crippen molar-refractivity contribution in [3.05, 3.63) is 28.8 Å². The predicted octanol–water partition coefficient (Wildman–Crippen LogP) is 7.05. The maximum atomic E-state index is 2.75. The van der Waals surface area contributed by atoms with E-state index in [0.29, 0.717) is 0 Å². The Morgan fingerprint density at radius 2 is 1.08 bits per heavy atom. The van der Waals surface area contributed by atoms with E-state index in [1.54, 1.807) is 5.69 Å². The third kappa shape index (κ3) is 5.32. The van der Waals surface area contributed by atoms with Crippen molar-refractivity contribution < 1.29 is 0 Å². The SMILES string of the molecule is C[CH2][Ga]([CH2]C)[N](C)c1c(C(C)(C)C)cc(C(C)(C)C)cc1C(C)(C)C. The second-order valence-corrected chi connectivity index (χ2v) is 18.5. The van der Waals surface area contributed by atoms with E-state index in [1.165, 1.54) is 26.6 Å². The zero-order valence-corrected chi connectivity index (χ0v) is 21.5. The first-order chi connectivity index (χ1) is 11.1. The Hall–Kier alpha value is -0.344. The van der Waals surface area contributed by atoms with Crippen LogP contribution in [0.25, 0.3) is 0 Å². The van der Waals surface area contributed by atoms with E-state index in [4.69, 9.17) is 0 Å². The molecule has 1 nitrogen and oxygen atoms in total. The minimum absolute atomic E-state index is 0.152. The van der Waals surface area contributed by atoms with Crippen molar-refractivity contribution in [2.24, 2.45) is 0 Å². The van der Waals surface area contributed by atoms with Gasteiger partial charge in [-0.3, -0.25) is 0 Å². The molecule has 0 spiro atoms. The van der Waals surface area contributed by atoms with Crippen LogP contribution < -0.4 is 3.61 Å². The number of nitrogens with zero attached hydrogens (tertiary/aromatic N) is 1. The fourth-order valence-corrected chi connectivity index (χ4v) is 8.47. The van der Waals surface area contributed by atoms with Gasteiger partial charge in [-0.1, -0.05) is 0 Å². The molecule has 0 aliphatic heterocycles. The van der Waals surface area contributed by atoms with Gasteiger partial charge in [0, 0.05) is 0 Å². The third-order valence-corrected chi connectivity index (χ3v) is 12.2. The van der Waals surface area contributed by atoms with Gasteiger partial charge in [0.25, 0.3) is 0 Å². The predicted molar refractivity (Wildman–Crippen MR) is 118 cm³/mol. The molecule has 0 N–H and O–H groups in total. The van der Waals surface area contributed by atoms with E-state index in [1.807, 2.05) is 0 Å². The standard InChI is InChI=1S/C19H32N.2C2H5.Ga/c1-17(2,3)13-11-14(18(4,5)6)16(20-10)15(12-13)19(7,8)9;2*1-2;/h11-12H,1-10H3;2*1H2,2H3;/q-1;;;+1. The normalized spacial score (nSPS) is 13.1. The van der Waals surface area contributed by atoms with Crippen molar-refractivity contribution in [2.45, 2.75) is 102 Å². The van der Waals surface area contributed by atoms with E-state index in [2.05, 4.69) is 98.9 Å². The summed E-state index contributed by atoms with van der Waals surface area (Å²) >= 11 is -1.47. The first-order valence-corrected chi connectivity index (χ1v) is 14.6. The Labute approximate surface area is 163 Å². The molecule has 0 radical (unpaired) electrons. The Balaban J connectivity index is 3.89. The Morgan fingerprint density at radius 3 is 1.32 bits per heavy atom. The summed E-state index contributed by atoms with van der Waals surface area (Å²) < 4.78 is 2.75. The monoisotopic (exact) mass is 401 g/mol. The van der Waals surface area contributed by atoms with Crippen LogP contribution in [-0.2, 0) is 16.2 Å². The fourth-order valence-electron chi connectivity index (χ4n) is 3.61. The van der Waals surface area contributed by atoms with Crippen LogP contribution in [0.5, 0.6) is 0 Å². The summed E-state index contributed by atoms with van der Waals surface area (Å²) in [6, 6.07) is 5.01. The topological polar surface area (TPSA) is 3.24 Å². The van der Waals surface area contributed by atoms with Gasteiger partial charge in [0.15, 0.2) is 0 Å². The van der Waals surface area contributed by atoms with Gasteiger partial charge in [0.2, 0.25) is 0 Å². The summed E-state index contributed by atoms with van der Waals surface area (Å²) in [6.07, 6.45) is 0. The van der Waals surface area contributed by atoms with Gasteiger partial charge >= 0.3 is 164 Å². The molecule has 0 aliphatic carbocycles. The second kappa shape index (κ2) is 7.72. The van der Waals surface area contributed by atoms with E-state index < -0.39 is 16.5 Å². The van der Waals surface area contributed by atoms with Crippen LogP contribution in [0, 0.1) is 0 Å². The summed E-state index contributed by atoms with van der Waals surface area (Å²) in [4.78, 5) is 2.74. The molecule has 0 bridgehead atoms. The van der Waals surface area contributed by atoms with Gasteiger partial charge in [-0.2, -0.15) is 0 Å². The van der Waals surface area contributed by atoms with Gasteiger partial charge in [-0.05, 0) is 0 Å². The fraction of sp³-hybridized carbons (Fsp3) is 0.739. The molecule has 0 fully saturated rings. The average molecular weight is 402 g/mol. The van der Waals surface area contributed by atoms with Crippen LogP contribution in [0.2, 0.25) is 9.95 Å². The maximum absolute atomic E-state index is 2.75. The molecule has 2 heteroatoms. The van der Waals surface area contributed by atoms with Crippen LogP contribution in [0.3, 0.4) is 0 Å². The van der Waals surface area contributed by atoms with Crippen molar-refractivity contribution in [3.8, 4) is 0 Å². The molecule has 0 saturated heterocycles. The molecule has 0 heterocycles. The zero-order valence-electron chi connectivity index (χ0n) is 19.1. The summed E-state index contributed by atoms with van der Waals surface area (Å²) in [7, 11) is 2.38. The molecule has 0 unspecified atom stereocenters. The van der Waals surface area contributed by atoms with Gasteiger partial charge in [0.05, 0.1) is 0 Å². The average Bonchev–Trinajstić information content (AvgIpc) is 2.44. The van der Waals surface area contributed by atoms with Crippen LogP contribution in [-0.4, -0.2) is 23.5 Å². The van der Waals surface area contributed by atoms with Crippen molar-refractivity contribution in [1.82, 2.24) is 0 Å². The summed E-state index contributed by atoms with van der Waals surface area (Å²) in [5, 5.41) is 0. The summed E-state index contributed by atoms with van der Waals surface area (Å²) in [5.41, 5.74) is 6.55. The van der Waals surface area contributed by atoms with Gasteiger partial charge < -0.3 is 0 Å². The molecular weight excluding hydrogens is 360 g/mol. The minimum atomic E-state index is -1.47. The molecule has 1 aromatic rings. The molecule has 25 heavy (non-hydrogen) atoms. The van der Waals surface area contributed by atoms with Crippen molar-refractivity contribution in [2.75, 3.05) is 10.7 Å². The van der Waals surface area contributed by atoms with Crippen LogP contribution in [0.1, 0.15) is 92.9 Å². The molecule has 1 aromatic carbocycles. The van der Waals surface area contributed by atoms with Gasteiger partial charge in [-0.15, -0.1) is 0 Å². The number of hydrogen-bond acceptors (Lipinski definition) is 1. The molecule has 0 saturated carbocycles. The summed E-state index contributed by atoms with van der Waals surface area (Å²) in [6.45, 7) is 26.0. The van der Waals surface area contributed by atoms with E-state index in [-0.39, 0.29) is 16.2 Å². The number of anilines is 1. The van der Waals surface area contributed by atoms with E-state index >= 15 is 0 Å². The first kappa shape index (κ1) is 22.7. The Bertz CT molecular complexity index is 543. The molecular formula is C23H42GaN. The van der Waals surface area contributed by atoms with Crippen molar-refractivity contribution in [1.29, 1.82) is 0 Å². The molecule has 0 atom stereocenters. The molecule has 0 aliphatic rings. The van der Waals surface area contributed by atoms with Crippen LogP contribution >= 0.6 is 0 Å². The molecule has 1 rings (SSSR count). The van der Waals surface area contributed by atoms with Gasteiger partial charge in [-0.25, -0.2) is 0 Å². The number of rotatable bonds is 4. The zero-order chi connectivity index (χ0) is 19.8. The Kier molecular flexibility index (Phi) is 7.01. The van der Waals surface area contributed by atoms with Crippen LogP contribution in [0.4, 0.5) is 5.69 Å². The summed E-state index contributed by atoms with van der Waals surface area (Å²) in [5.74, 6) is 0. The van der Waals surface area contributed by atoms with Crippen LogP contribution in [0.15, 0.2) is 12.1 Å². The third-order valence-electron chi connectivity index (χ3n) is 5.43. The molecule has 0 aromatic heterocycles. The van der Waals surface area contributed by atoms with Crippen molar-refractivity contribution >= 4 is 22.1 Å². The first-order valence-electron chi connectivity index (χ1n) is 10.1.